The topological polar surface area (TPSA) is 94.6 Å². The van der Waals surface area contributed by atoms with Crippen LogP contribution in [0.1, 0.15) is 70.9 Å². The second kappa shape index (κ2) is 16.1. The van der Waals surface area contributed by atoms with Gasteiger partial charge in [-0.25, -0.2) is 4.79 Å². The molecule has 0 radical (unpaired) electrons. The number of benzene rings is 3. The summed E-state index contributed by atoms with van der Waals surface area (Å²) in [7, 11) is 1.60. The van der Waals surface area contributed by atoms with Crippen LogP contribution in [0.15, 0.2) is 78.4 Å². The average Bonchev–Trinajstić information content (AvgIpc) is 3.94. The van der Waals surface area contributed by atoms with E-state index in [2.05, 4.69) is 24.3 Å². The molecule has 2 amide bonds. The highest BCUT2D eigenvalue weighted by Gasteiger charge is 2.38. The summed E-state index contributed by atoms with van der Waals surface area (Å²) in [6.07, 6.45) is 2.73. The van der Waals surface area contributed by atoms with Gasteiger partial charge in [0.15, 0.2) is 0 Å². The predicted molar refractivity (Wildman–Crippen MR) is 189 cm³/mol. The molecule has 1 heterocycles. The van der Waals surface area contributed by atoms with Crippen LogP contribution in [0.4, 0.5) is 4.79 Å². The summed E-state index contributed by atoms with van der Waals surface area (Å²) >= 11 is 0. The zero-order chi connectivity index (χ0) is 35.0. The van der Waals surface area contributed by atoms with Crippen LogP contribution in [0.5, 0.6) is 11.5 Å². The van der Waals surface area contributed by atoms with E-state index in [9.17, 15) is 14.4 Å². The van der Waals surface area contributed by atoms with Crippen LogP contribution in [-0.4, -0.2) is 72.8 Å². The van der Waals surface area contributed by atoms with Gasteiger partial charge in [0.2, 0.25) is 0 Å². The second-order valence-electron chi connectivity index (χ2n) is 13.5. The van der Waals surface area contributed by atoms with Gasteiger partial charge in [0.1, 0.15) is 17.1 Å². The van der Waals surface area contributed by atoms with Crippen molar-refractivity contribution in [2.75, 3.05) is 33.4 Å². The van der Waals surface area contributed by atoms with Crippen LogP contribution < -0.4 is 9.47 Å². The Kier molecular flexibility index (Phi) is 11.6. The summed E-state index contributed by atoms with van der Waals surface area (Å²) in [5.41, 5.74) is 4.91. The Bertz CT molecular complexity index is 1660. The summed E-state index contributed by atoms with van der Waals surface area (Å²) in [5, 5.41) is 0. The molecule has 0 unspecified atom stereocenters. The van der Waals surface area contributed by atoms with Crippen LogP contribution in [-0.2, 0) is 25.6 Å². The van der Waals surface area contributed by atoms with Crippen molar-refractivity contribution >= 4 is 23.5 Å². The maximum atomic E-state index is 14.7. The fraction of sp³-hybridized carbons (Fsp3) is 0.425. The van der Waals surface area contributed by atoms with Crippen LogP contribution in [0.3, 0.4) is 0 Å². The minimum Gasteiger partial charge on any atom is -0.497 e. The summed E-state index contributed by atoms with van der Waals surface area (Å²) in [6.45, 7) is 8.99. The first-order chi connectivity index (χ1) is 23.5. The maximum Gasteiger partial charge on any atom is 0.410 e. The van der Waals surface area contributed by atoms with Gasteiger partial charge in [-0.15, -0.1) is 0 Å². The minimum atomic E-state index is -0.653. The van der Waals surface area contributed by atoms with Crippen molar-refractivity contribution in [1.82, 2.24) is 9.80 Å². The molecular weight excluding hydrogens is 620 g/mol. The molecule has 2 aliphatic rings. The fourth-order valence-electron chi connectivity index (χ4n) is 5.96. The Hall–Kier alpha value is -4.79. The minimum absolute atomic E-state index is 0.0874. The first-order valence-electron chi connectivity index (χ1n) is 17.2. The average molecular weight is 669 g/mol. The van der Waals surface area contributed by atoms with E-state index in [1.54, 1.807) is 25.0 Å². The van der Waals surface area contributed by atoms with Gasteiger partial charge in [0.05, 0.1) is 26.9 Å². The molecule has 49 heavy (non-hydrogen) atoms. The largest absolute Gasteiger partial charge is 0.497 e. The number of hydrogen-bond donors (Lipinski definition) is 0. The SMILES string of the molecule is CCOC(=O)CCCOc1cc(CN(C(=O)C2=C(c3cccc(-c4ccccc4)c3)CCN(C(=O)OC(C)(C)C)C2)C2CC2)cc(OC)c1. The smallest absolute Gasteiger partial charge is 0.410 e. The van der Waals surface area contributed by atoms with Crippen molar-refractivity contribution in [2.45, 2.75) is 78.0 Å². The van der Waals surface area contributed by atoms with E-state index >= 15 is 0 Å². The highest BCUT2D eigenvalue weighted by atomic mass is 16.6. The number of hydrogen-bond acceptors (Lipinski definition) is 7. The molecule has 0 bridgehead atoms. The lowest BCUT2D eigenvalue weighted by Gasteiger charge is -2.34. The molecule has 0 saturated heterocycles. The predicted octanol–water partition coefficient (Wildman–Crippen LogP) is 7.67. The molecule has 3 aromatic carbocycles. The van der Waals surface area contributed by atoms with Gasteiger partial charge in [-0.2, -0.15) is 0 Å². The normalized spacial score (nSPS) is 14.7. The Labute approximate surface area is 289 Å². The standard InChI is InChI=1S/C40H48N2O7/c1-6-47-37(43)16-11-21-48-34-23-28(22-33(25-34)46-5)26-42(32-17-18-32)38(44)36-27-41(39(45)49-40(2,3)4)20-19-35(36)31-15-10-14-30(24-31)29-12-8-7-9-13-29/h7-10,12-15,22-25,32H,6,11,16-21,26-27H2,1-5H3. The van der Waals surface area contributed by atoms with Gasteiger partial charge in [-0.1, -0.05) is 48.5 Å². The number of nitrogens with zero attached hydrogens (tertiary/aromatic N) is 2. The quantitative estimate of drug-likeness (QED) is 0.136. The maximum absolute atomic E-state index is 14.7. The molecule has 1 aliphatic heterocycles. The first kappa shape index (κ1) is 35.5. The van der Waals surface area contributed by atoms with E-state index in [1.165, 1.54) is 0 Å². The lowest BCUT2D eigenvalue weighted by Crippen LogP contribution is -2.44. The van der Waals surface area contributed by atoms with Gasteiger partial charge >= 0.3 is 12.1 Å². The van der Waals surface area contributed by atoms with Gasteiger partial charge in [-0.05, 0) is 99.4 Å². The number of amides is 2. The van der Waals surface area contributed by atoms with Crippen molar-refractivity contribution in [3.63, 3.8) is 0 Å². The Morgan fingerprint density at radius 1 is 0.898 bits per heavy atom. The monoisotopic (exact) mass is 668 g/mol. The number of methoxy groups -OCH3 is 1. The van der Waals surface area contributed by atoms with Crippen molar-refractivity contribution < 1.29 is 33.3 Å². The molecular formula is C40H48N2O7. The third-order valence-electron chi connectivity index (χ3n) is 8.45. The molecule has 1 saturated carbocycles. The van der Waals surface area contributed by atoms with Gasteiger partial charge in [0.25, 0.3) is 5.91 Å². The van der Waals surface area contributed by atoms with E-state index in [4.69, 9.17) is 18.9 Å². The van der Waals surface area contributed by atoms with Crippen LogP contribution >= 0.6 is 0 Å². The van der Waals surface area contributed by atoms with Gasteiger partial charge in [-0.3, -0.25) is 9.59 Å². The number of carbonyl (C=O) groups is 3. The Balaban J connectivity index is 1.44. The van der Waals surface area contributed by atoms with E-state index in [1.807, 2.05) is 68.1 Å². The first-order valence-corrected chi connectivity index (χ1v) is 17.2. The van der Waals surface area contributed by atoms with Crippen molar-refractivity contribution in [1.29, 1.82) is 0 Å². The third kappa shape index (κ3) is 9.87. The molecule has 260 valence electrons. The summed E-state index contributed by atoms with van der Waals surface area (Å²) in [4.78, 5) is 43.3. The molecule has 0 N–H and O–H groups in total. The van der Waals surface area contributed by atoms with Crippen molar-refractivity contribution in [3.05, 3.63) is 89.5 Å². The zero-order valence-electron chi connectivity index (χ0n) is 29.3. The highest BCUT2D eigenvalue weighted by Crippen LogP contribution is 2.36. The van der Waals surface area contributed by atoms with Gasteiger partial charge in [0, 0.05) is 37.2 Å². The number of ether oxygens (including phenoxy) is 4. The van der Waals surface area contributed by atoms with Crippen LogP contribution in [0, 0.1) is 0 Å². The summed E-state index contributed by atoms with van der Waals surface area (Å²) in [5.74, 6) is 0.889. The summed E-state index contributed by atoms with van der Waals surface area (Å²) < 4.78 is 22.3. The van der Waals surface area contributed by atoms with E-state index < -0.39 is 11.7 Å². The third-order valence-corrected chi connectivity index (χ3v) is 8.45. The second-order valence-corrected chi connectivity index (χ2v) is 13.5. The molecule has 3 aromatic rings. The molecule has 0 spiro atoms. The van der Waals surface area contributed by atoms with E-state index in [-0.39, 0.29) is 30.9 Å². The van der Waals surface area contributed by atoms with Gasteiger partial charge < -0.3 is 28.7 Å². The molecule has 1 fully saturated rings. The molecule has 0 aromatic heterocycles. The van der Waals surface area contributed by atoms with E-state index in [0.29, 0.717) is 56.2 Å². The fourth-order valence-corrected chi connectivity index (χ4v) is 5.96. The molecule has 5 rings (SSSR count). The van der Waals surface area contributed by atoms with Crippen LogP contribution in [0.2, 0.25) is 0 Å². The van der Waals surface area contributed by atoms with Crippen LogP contribution in [0.25, 0.3) is 16.7 Å². The number of esters is 1. The molecule has 1 aliphatic carbocycles. The summed E-state index contributed by atoms with van der Waals surface area (Å²) in [6, 6.07) is 24.2. The zero-order valence-corrected chi connectivity index (χ0v) is 29.3. The lowest BCUT2D eigenvalue weighted by atomic mass is 9.90. The molecule has 9 heteroatoms. The Morgan fingerprint density at radius 3 is 2.31 bits per heavy atom. The van der Waals surface area contributed by atoms with Crippen molar-refractivity contribution in [3.8, 4) is 22.6 Å². The molecule has 0 atom stereocenters. The number of carbonyl (C=O) groups excluding carboxylic acids is 3. The Morgan fingerprint density at radius 2 is 1.61 bits per heavy atom. The highest BCUT2D eigenvalue weighted by molar-refractivity contribution is 6.03. The lowest BCUT2D eigenvalue weighted by molar-refractivity contribution is -0.143. The molecule has 9 nitrogen and oxygen atoms in total. The van der Waals surface area contributed by atoms with E-state index in [0.717, 1.165) is 40.7 Å². The van der Waals surface area contributed by atoms with Crippen molar-refractivity contribution in [2.24, 2.45) is 0 Å². The number of rotatable bonds is 13.